The Morgan fingerprint density at radius 2 is 2.17 bits per heavy atom. The van der Waals surface area contributed by atoms with Gasteiger partial charge < -0.3 is 4.90 Å². The first kappa shape index (κ1) is 15.4. The average molecular weight is 330 g/mol. The molecule has 0 saturated carbocycles. The summed E-state index contributed by atoms with van der Waals surface area (Å²) in [6.07, 6.45) is 1.72. The van der Waals surface area contributed by atoms with Crippen LogP contribution < -0.4 is 5.32 Å². The summed E-state index contributed by atoms with van der Waals surface area (Å²) in [6.45, 7) is 4.45. The van der Waals surface area contributed by atoms with Crippen LogP contribution in [0.2, 0.25) is 0 Å². The van der Waals surface area contributed by atoms with Gasteiger partial charge in [-0.1, -0.05) is 17.3 Å². The molecule has 0 aliphatic carbocycles. The summed E-state index contributed by atoms with van der Waals surface area (Å²) in [4.78, 5) is 18.3. The third-order valence-electron chi connectivity index (χ3n) is 3.33. The minimum absolute atomic E-state index is 0.202. The Labute approximate surface area is 137 Å². The molecule has 0 aliphatic rings. The van der Waals surface area contributed by atoms with Gasteiger partial charge in [-0.25, -0.2) is 14.5 Å². The number of hydrogen-bond donors (Lipinski definition) is 1. The normalized spacial score (nSPS) is 11.1. The number of urea groups is 1. The molecule has 0 aliphatic heterocycles. The predicted octanol–water partition coefficient (Wildman–Crippen LogP) is 3.13. The van der Waals surface area contributed by atoms with Crippen molar-refractivity contribution >= 4 is 33.4 Å². The van der Waals surface area contributed by atoms with Gasteiger partial charge in [0.05, 0.1) is 23.0 Å². The molecule has 0 radical (unpaired) electrons. The number of rotatable bonds is 4. The first-order valence-electron chi connectivity index (χ1n) is 7.31. The van der Waals surface area contributed by atoms with Crippen molar-refractivity contribution in [2.75, 3.05) is 12.4 Å². The molecule has 1 N–H and O–H groups in total. The van der Waals surface area contributed by atoms with Gasteiger partial charge in [-0.15, -0.1) is 16.4 Å². The zero-order valence-electron chi connectivity index (χ0n) is 13.2. The Morgan fingerprint density at radius 1 is 1.39 bits per heavy atom. The van der Waals surface area contributed by atoms with Crippen molar-refractivity contribution in [3.8, 4) is 0 Å². The number of amides is 2. The highest BCUT2D eigenvalue weighted by Gasteiger charge is 2.14. The molecule has 120 valence electrons. The summed E-state index contributed by atoms with van der Waals surface area (Å²) in [6, 6.07) is 7.91. The second-order valence-electron chi connectivity index (χ2n) is 5.54. The molecule has 8 heteroatoms. The fraction of sp³-hybridized carbons (Fsp3) is 0.333. The van der Waals surface area contributed by atoms with E-state index in [-0.39, 0.29) is 12.1 Å². The summed E-state index contributed by atoms with van der Waals surface area (Å²) in [5.74, 6) is 0.444. The quantitative estimate of drug-likeness (QED) is 0.797. The summed E-state index contributed by atoms with van der Waals surface area (Å²) in [7, 11) is 1.73. The van der Waals surface area contributed by atoms with Crippen molar-refractivity contribution in [2.45, 2.75) is 26.4 Å². The van der Waals surface area contributed by atoms with E-state index >= 15 is 0 Å². The minimum Gasteiger partial charge on any atom is -0.321 e. The smallest absolute Gasteiger partial charge is 0.321 e. The van der Waals surface area contributed by atoms with Gasteiger partial charge in [0.15, 0.2) is 5.82 Å². The van der Waals surface area contributed by atoms with Crippen LogP contribution in [0.4, 0.5) is 10.6 Å². The second-order valence-corrected chi connectivity index (χ2v) is 6.65. The van der Waals surface area contributed by atoms with Gasteiger partial charge in [0.1, 0.15) is 5.01 Å². The molecule has 0 fully saturated rings. The largest absolute Gasteiger partial charge is 0.323 e. The number of hydrogen-bond acceptors (Lipinski definition) is 5. The Kier molecular flexibility index (Phi) is 4.24. The van der Waals surface area contributed by atoms with E-state index in [0.29, 0.717) is 12.4 Å². The van der Waals surface area contributed by atoms with Crippen LogP contribution in [-0.4, -0.2) is 38.0 Å². The molecule has 0 spiro atoms. The van der Waals surface area contributed by atoms with Crippen molar-refractivity contribution in [1.82, 2.24) is 24.9 Å². The van der Waals surface area contributed by atoms with E-state index in [1.165, 1.54) is 0 Å². The average Bonchev–Trinajstić information content (AvgIpc) is 3.13. The number of nitrogens with one attached hydrogen (secondary N) is 1. The van der Waals surface area contributed by atoms with E-state index in [2.05, 4.69) is 20.6 Å². The second kappa shape index (κ2) is 6.33. The molecule has 0 bridgehead atoms. The molecule has 2 aromatic heterocycles. The number of carbonyl (C=O) groups is 1. The van der Waals surface area contributed by atoms with Crippen LogP contribution in [0, 0.1) is 0 Å². The molecular weight excluding hydrogens is 312 g/mol. The van der Waals surface area contributed by atoms with E-state index in [1.807, 2.05) is 38.1 Å². The van der Waals surface area contributed by atoms with E-state index in [1.54, 1.807) is 34.2 Å². The van der Waals surface area contributed by atoms with Crippen LogP contribution in [0.25, 0.3) is 10.2 Å². The maximum Gasteiger partial charge on any atom is 0.323 e. The zero-order valence-corrected chi connectivity index (χ0v) is 14.0. The number of thiazole rings is 1. The molecule has 2 amide bonds. The van der Waals surface area contributed by atoms with Crippen molar-refractivity contribution in [3.63, 3.8) is 0 Å². The van der Waals surface area contributed by atoms with Crippen LogP contribution in [-0.2, 0) is 6.54 Å². The molecule has 2 heterocycles. The maximum absolute atomic E-state index is 12.2. The lowest BCUT2D eigenvalue weighted by Gasteiger charge is -2.15. The van der Waals surface area contributed by atoms with E-state index < -0.39 is 0 Å². The Morgan fingerprint density at radius 3 is 2.87 bits per heavy atom. The van der Waals surface area contributed by atoms with Crippen LogP contribution in [0.5, 0.6) is 0 Å². The number of anilines is 1. The lowest BCUT2D eigenvalue weighted by Crippen LogP contribution is -2.30. The number of para-hydroxylation sites is 1. The topological polar surface area (TPSA) is 75.9 Å². The lowest BCUT2D eigenvalue weighted by atomic mass is 10.3. The molecular formula is C15H18N6OS. The summed E-state index contributed by atoms with van der Waals surface area (Å²) < 4.78 is 2.82. The standard InChI is InChI=1S/C15H18N6OS/c1-10(2)21-8-13(18-19-21)17-15(22)20(3)9-14-16-11-6-4-5-7-12(11)23-14/h4-8,10H,9H2,1-3H3,(H,17,22). The molecule has 0 saturated heterocycles. The highest BCUT2D eigenvalue weighted by atomic mass is 32.1. The highest BCUT2D eigenvalue weighted by Crippen LogP contribution is 2.22. The number of aromatic nitrogens is 4. The number of nitrogens with zero attached hydrogens (tertiary/aromatic N) is 5. The molecule has 7 nitrogen and oxygen atoms in total. The molecule has 23 heavy (non-hydrogen) atoms. The number of benzene rings is 1. The van der Waals surface area contributed by atoms with E-state index in [9.17, 15) is 4.79 Å². The van der Waals surface area contributed by atoms with Crippen molar-refractivity contribution < 1.29 is 4.79 Å². The fourth-order valence-corrected chi connectivity index (χ4v) is 3.07. The van der Waals surface area contributed by atoms with Crippen LogP contribution in [0.15, 0.2) is 30.5 Å². The summed E-state index contributed by atoms with van der Waals surface area (Å²) in [5.41, 5.74) is 0.959. The van der Waals surface area contributed by atoms with Gasteiger partial charge in [0.25, 0.3) is 0 Å². The zero-order chi connectivity index (χ0) is 16.4. The van der Waals surface area contributed by atoms with Gasteiger partial charge in [-0.2, -0.15) is 0 Å². The Bertz CT molecular complexity index is 791. The van der Waals surface area contributed by atoms with Gasteiger partial charge >= 0.3 is 6.03 Å². The van der Waals surface area contributed by atoms with Gasteiger partial charge in [0.2, 0.25) is 0 Å². The molecule has 1 aromatic carbocycles. The minimum atomic E-state index is -0.236. The van der Waals surface area contributed by atoms with Crippen LogP contribution >= 0.6 is 11.3 Å². The summed E-state index contributed by atoms with van der Waals surface area (Å²) >= 11 is 1.59. The highest BCUT2D eigenvalue weighted by molar-refractivity contribution is 7.18. The SMILES string of the molecule is CC(C)n1cc(NC(=O)N(C)Cc2nc3ccccc3s2)nn1. The van der Waals surface area contributed by atoms with Gasteiger partial charge in [0, 0.05) is 13.1 Å². The predicted molar refractivity (Wildman–Crippen MR) is 90.5 cm³/mol. The number of carbonyl (C=O) groups excluding carboxylic acids is 1. The third kappa shape index (κ3) is 3.48. The van der Waals surface area contributed by atoms with Gasteiger partial charge in [-0.05, 0) is 26.0 Å². The molecule has 0 atom stereocenters. The number of fused-ring (bicyclic) bond motifs is 1. The van der Waals surface area contributed by atoms with Crippen molar-refractivity contribution in [1.29, 1.82) is 0 Å². The maximum atomic E-state index is 12.2. The van der Waals surface area contributed by atoms with E-state index in [4.69, 9.17) is 0 Å². The van der Waals surface area contributed by atoms with Crippen LogP contribution in [0.3, 0.4) is 0 Å². The molecule has 3 rings (SSSR count). The van der Waals surface area contributed by atoms with Crippen LogP contribution in [0.1, 0.15) is 24.9 Å². The monoisotopic (exact) mass is 330 g/mol. The van der Waals surface area contributed by atoms with Crippen molar-refractivity contribution in [3.05, 3.63) is 35.5 Å². The van der Waals surface area contributed by atoms with Crippen molar-refractivity contribution in [2.24, 2.45) is 0 Å². The Hall–Kier alpha value is -2.48. The first-order valence-corrected chi connectivity index (χ1v) is 8.13. The van der Waals surface area contributed by atoms with E-state index in [0.717, 1.165) is 15.2 Å². The lowest BCUT2D eigenvalue weighted by molar-refractivity contribution is 0.220. The third-order valence-corrected chi connectivity index (χ3v) is 4.35. The Balaban J connectivity index is 1.64. The fourth-order valence-electron chi connectivity index (χ4n) is 2.05. The first-order chi connectivity index (χ1) is 11.0. The van der Waals surface area contributed by atoms with Gasteiger partial charge in [-0.3, -0.25) is 5.32 Å². The molecule has 0 unspecified atom stereocenters. The summed E-state index contributed by atoms with van der Waals surface area (Å²) in [5, 5.41) is 11.5. The molecule has 3 aromatic rings.